The van der Waals surface area contributed by atoms with E-state index in [0.29, 0.717) is 24.0 Å². The molecule has 1 aromatic rings. The molecule has 21 heavy (non-hydrogen) atoms. The van der Waals surface area contributed by atoms with Gasteiger partial charge in [0.05, 0.1) is 4.90 Å². The summed E-state index contributed by atoms with van der Waals surface area (Å²) < 4.78 is 27.5. The van der Waals surface area contributed by atoms with Crippen LogP contribution < -0.4 is 10.0 Å². The Kier molecular flexibility index (Phi) is 5.79. The first-order valence-corrected chi connectivity index (χ1v) is 9.75. The van der Waals surface area contributed by atoms with Crippen molar-refractivity contribution in [1.29, 1.82) is 0 Å². The maximum atomic E-state index is 12.4. The highest BCUT2D eigenvalue weighted by atomic mass is 32.2. The van der Waals surface area contributed by atoms with E-state index in [4.69, 9.17) is 0 Å². The molecule has 2 rings (SSSR count). The molecule has 0 unspecified atom stereocenters. The Balaban J connectivity index is 1.94. The Labute approximate surface area is 131 Å². The van der Waals surface area contributed by atoms with Gasteiger partial charge in [-0.05, 0) is 39.4 Å². The van der Waals surface area contributed by atoms with Gasteiger partial charge in [-0.3, -0.25) is 4.90 Å². The molecular weight excluding hydrogens is 306 g/mol. The standard InChI is InChI=1S/C14H25N3O2S2/c1-4-17(12-5-6-12)8-7-16-21(18,19)14-9-13(10-15-3)20-11(14)2/h9,12,15-16H,4-8,10H2,1-3H3. The van der Waals surface area contributed by atoms with Crippen LogP contribution in [0.25, 0.3) is 0 Å². The van der Waals surface area contributed by atoms with Gasteiger partial charge in [-0.2, -0.15) is 0 Å². The van der Waals surface area contributed by atoms with Crippen LogP contribution in [0.2, 0.25) is 0 Å². The zero-order valence-corrected chi connectivity index (χ0v) is 14.6. The molecule has 0 aliphatic heterocycles. The summed E-state index contributed by atoms with van der Waals surface area (Å²) in [7, 11) is -1.53. The zero-order valence-electron chi connectivity index (χ0n) is 13.0. The molecule has 7 heteroatoms. The minimum Gasteiger partial charge on any atom is -0.315 e. The summed E-state index contributed by atoms with van der Waals surface area (Å²) in [5.41, 5.74) is 0. The lowest BCUT2D eigenvalue weighted by Gasteiger charge is -2.19. The second kappa shape index (κ2) is 7.19. The van der Waals surface area contributed by atoms with Crippen LogP contribution in [0.3, 0.4) is 0 Å². The molecule has 0 aromatic carbocycles. The predicted octanol–water partition coefficient (Wildman–Crippen LogP) is 1.54. The van der Waals surface area contributed by atoms with E-state index in [-0.39, 0.29) is 0 Å². The van der Waals surface area contributed by atoms with Crippen LogP contribution in [-0.4, -0.2) is 46.0 Å². The number of nitrogens with zero attached hydrogens (tertiary/aromatic N) is 1. The van der Waals surface area contributed by atoms with Gasteiger partial charge >= 0.3 is 0 Å². The van der Waals surface area contributed by atoms with Gasteiger partial charge in [0.2, 0.25) is 10.0 Å². The molecule has 1 fully saturated rings. The van der Waals surface area contributed by atoms with Crippen LogP contribution in [0, 0.1) is 6.92 Å². The van der Waals surface area contributed by atoms with E-state index in [1.165, 1.54) is 24.2 Å². The van der Waals surface area contributed by atoms with E-state index in [0.717, 1.165) is 22.8 Å². The third-order valence-electron chi connectivity index (χ3n) is 3.72. The third-order valence-corrected chi connectivity index (χ3v) is 6.49. The quantitative estimate of drug-likeness (QED) is 0.720. The van der Waals surface area contributed by atoms with Crippen molar-refractivity contribution in [3.8, 4) is 0 Å². The molecule has 120 valence electrons. The second-order valence-corrected chi connectivity index (χ2v) is 8.50. The fourth-order valence-corrected chi connectivity index (χ4v) is 5.16. The Bertz CT molecular complexity index is 565. The molecule has 0 saturated heterocycles. The largest absolute Gasteiger partial charge is 0.315 e. The number of thiophene rings is 1. The number of rotatable bonds is 9. The molecule has 1 heterocycles. The summed E-state index contributed by atoms with van der Waals surface area (Å²) in [5, 5.41) is 3.05. The predicted molar refractivity (Wildman–Crippen MR) is 87.3 cm³/mol. The van der Waals surface area contributed by atoms with E-state index >= 15 is 0 Å². The van der Waals surface area contributed by atoms with Crippen molar-refractivity contribution in [1.82, 2.24) is 14.9 Å². The lowest BCUT2D eigenvalue weighted by Crippen LogP contribution is -2.36. The molecule has 0 bridgehead atoms. The molecule has 2 N–H and O–H groups in total. The second-order valence-electron chi connectivity index (χ2n) is 5.42. The highest BCUT2D eigenvalue weighted by Gasteiger charge is 2.27. The minimum absolute atomic E-state index is 0.423. The Hall–Kier alpha value is -0.470. The lowest BCUT2D eigenvalue weighted by atomic mass is 10.4. The van der Waals surface area contributed by atoms with Crippen LogP contribution in [-0.2, 0) is 16.6 Å². The van der Waals surface area contributed by atoms with Gasteiger partial charge in [-0.15, -0.1) is 11.3 Å². The molecule has 1 aliphatic carbocycles. The smallest absolute Gasteiger partial charge is 0.241 e. The van der Waals surface area contributed by atoms with E-state index in [1.54, 1.807) is 6.07 Å². The maximum Gasteiger partial charge on any atom is 0.241 e. The lowest BCUT2D eigenvalue weighted by molar-refractivity contribution is 0.282. The third kappa shape index (κ3) is 4.50. The molecule has 1 aromatic heterocycles. The van der Waals surface area contributed by atoms with Gasteiger partial charge in [-0.1, -0.05) is 6.92 Å². The van der Waals surface area contributed by atoms with Crippen LogP contribution in [0.4, 0.5) is 0 Å². The number of sulfonamides is 1. The van der Waals surface area contributed by atoms with Crippen molar-refractivity contribution >= 4 is 21.4 Å². The first-order valence-electron chi connectivity index (χ1n) is 7.45. The fraction of sp³-hybridized carbons (Fsp3) is 0.714. The zero-order chi connectivity index (χ0) is 15.5. The molecular formula is C14H25N3O2S2. The molecule has 1 aliphatic rings. The molecule has 0 atom stereocenters. The van der Waals surface area contributed by atoms with Crippen molar-refractivity contribution in [2.75, 3.05) is 26.7 Å². The van der Waals surface area contributed by atoms with Gasteiger partial charge in [-0.25, -0.2) is 13.1 Å². The molecule has 1 saturated carbocycles. The molecule has 0 spiro atoms. The summed E-state index contributed by atoms with van der Waals surface area (Å²) in [6, 6.07) is 2.45. The number of hydrogen-bond acceptors (Lipinski definition) is 5. The SMILES string of the molecule is CCN(CCNS(=O)(=O)c1cc(CNC)sc1C)C1CC1. The molecule has 0 amide bonds. The first-order chi connectivity index (χ1) is 9.97. The van der Waals surface area contributed by atoms with Crippen molar-refractivity contribution < 1.29 is 8.42 Å². The number of hydrogen-bond donors (Lipinski definition) is 2. The maximum absolute atomic E-state index is 12.4. The van der Waals surface area contributed by atoms with E-state index in [9.17, 15) is 8.42 Å². The van der Waals surface area contributed by atoms with Gasteiger partial charge in [0.15, 0.2) is 0 Å². The van der Waals surface area contributed by atoms with Crippen molar-refractivity contribution in [3.05, 3.63) is 15.8 Å². The number of likely N-dealkylation sites (N-methyl/N-ethyl adjacent to an activating group) is 1. The molecule has 0 radical (unpaired) electrons. The topological polar surface area (TPSA) is 61.4 Å². The average molecular weight is 332 g/mol. The van der Waals surface area contributed by atoms with Crippen LogP contribution in [0.1, 0.15) is 29.5 Å². The average Bonchev–Trinajstić information content (AvgIpc) is 3.19. The summed E-state index contributed by atoms with van der Waals surface area (Å²) in [5.74, 6) is 0. The van der Waals surface area contributed by atoms with Gasteiger partial charge in [0, 0.05) is 35.4 Å². The Morgan fingerprint density at radius 2 is 2.14 bits per heavy atom. The Morgan fingerprint density at radius 1 is 1.43 bits per heavy atom. The van der Waals surface area contributed by atoms with Crippen LogP contribution >= 0.6 is 11.3 Å². The number of aryl methyl sites for hydroxylation is 1. The van der Waals surface area contributed by atoms with E-state index in [2.05, 4.69) is 21.9 Å². The van der Waals surface area contributed by atoms with Crippen molar-refractivity contribution in [2.24, 2.45) is 0 Å². The monoisotopic (exact) mass is 331 g/mol. The molecule has 5 nitrogen and oxygen atoms in total. The van der Waals surface area contributed by atoms with Crippen LogP contribution in [0.5, 0.6) is 0 Å². The van der Waals surface area contributed by atoms with Crippen LogP contribution in [0.15, 0.2) is 11.0 Å². The summed E-state index contributed by atoms with van der Waals surface area (Å²) >= 11 is 1.53. The fourth-order valence-electron chi connectivity index (χ4n) is 2.49. The van der Waals surface area contributed by atoms with Gasteiger partial charge in [0.1, 0.15) is 0 Å². The highest BCUT2D eigenvalue weighted by molar-refractivity contribution is 7.89. The normalized spacial score (nSPS) is 15.8. The number of nitrogens with one attached hydrogen (secondary N) is 2. The summed E-state index contributed by atoms with van der Waals surface area (Å²) in [6.45, 7) is 6.93. The van der Waals surface area contributed by atoms with Gasteiger partial charge < -0.3 is 5.32 Å². The van der Waals surface area contributed by atoms with E-state index < -0.39 is 10.0 Å². The van der Waals surface area contributed by atoms with Crippen molar-refractivity contribution in [3.63, 3.8) is 0 Å². The first kappa shape index (κ1) is 16.9. The highest BCUT2D eigenvalue weighted by Crippen LogP contribution is 2.27. The van der Waals surface area contributed by atoms with Crippen molar-refractivity contribution in [2.45, 2.75) is 44.2 Å². The Morgan fingerprint density at radius 3 is 2.71 bits per heavy atom. The minimum atomic E-state index is -3.39. The van der Waals surface area contributed by atoms with E-state index in [1.807, 2.05) is 14.0 Å². The summed E-state index contributed by atoms with van der Waals surface area (Å²) in [6.07, 6.45) is 2.50. The summed E-state index contributed by atoms with van der Waals surface area (Å²) in [4.78, 5) is 4.66. The van der Waals surface area contributed by atoms with Gasteiger partial charge in [0.25, 0.3) is 0 Å².